The molecule has 0 radical (unpaired) electrons. The average Bonchev–Trinajstić information content (AvgIpc) is 3.03. The van der Waals surface area contributed by atoms with Crippen LogP contribution in [0.1, 0.15) is 31.1 Å². The summed E-state index contributed by atoms with van der Waals surface area (Å²) in [4.78, 5) is 49.6. The Morgan fingerprint density at radius 2 is 1.56 bits per heavy atom. The molecule has 2 heterocycles. The van der Waals surface area contributed by atoms with Crippen LogP contribution in [-0.4, -0.2) is 78.4 Å². The number of carbonyl (C=O) groups excluding carboxylic acids is 4. The highest BCUT2D eigenvalue weighted by Gasteiger charge is 2.72. The lowest BCUT2D eigenvalue weighted by Crippen LogP contribution is -2.68. The van der Waals surface area contributed by atoms with E-state index in [0.717, 1.165) is 20.8 Å². The summed E-state index contributed by atoms with van der Waals surface area (Å²) < 4.78 is 9.80. The largest absolute Gasteiger partial charge is 0.423 e. The van der Waals surface area contributed by atoms with Gasteiger partial charge in [0.2, 0.25) is 5.60 Å². The molecule has 0 spiro atoms. The molecule has 1 aromatic carbocycles. The molecule has 4 N–H and O–H groups in total. The first-order valence-corrected chi connectivity index (χ1v) is 10.0. The van der Waals surface area contributed by atoms with Gasteiger partial charge in [-0.2, -0.15) is 0 Å². The first-order valence-electron chi connectivity index (χ1n) is 10.0. The van der Waals surface area contributed by atoms with Crippen molar-refractivity contribution in [3.05, 3.63) is 60.4 Å². The van der Waals surface area contributed by atoms with E-state index in [1.165, 1.54) is 6.20 Å². The van der Waals surface area contributed by atoms with Crippen molar-refractivity contribution in [2.75, 3.05) is 0 Å². The number of aliphatic hydroxyl groups excluding tert-OH is 2. The molecule has 1 aliphatic rings. The Labute approximate surface area is 194 Å². The third kappa shape index (κ3) is 5.08. The number of benzene rings is 1. The van der Waals surface area contributed by atoms with Crippen LogP contribution in [-0.2, 0) is 19.1 Å². The van der Waals surface area contributed by atoms with Gasteiger partial charge in [0, 0.05) is 12.4 Å². The van der Waals surface area contributed by atoms with E-state index in [1.54, 1.807) is 30.5 Å². The number of ether oxygens (including phenoxy) is 2. The number of aliphatic hydroxyl groups is 4. The Balaban J connectivity index is 0.000000246. The van der Waals surface area contributed by atoms with Crippen LogP contribution in [0.2, 0.25) is 0 Å². The second kappa shape index (κ2) is 10.7. The Kier molecular flexibility index (Phi) is 8.48. The minimum absolute atomic E-state index is 0.394. The van der Waals surface area contributed by atoms with Gasteiger partial charge in [-0.15, -0.1) is 0 Å². The topological polar surface area (TPSA) is 181 Å². The van der Waals surface area contributed by atoms with Gasteiger partial charge in [-0.1, -0.05) is 18.2 Å². The highest BCUT2D eigenvalue weighted by molar-refractivity contribution is 5.99. The monoisotopic (exact) mass is 475 g/mol. The minimum Gasteiger partial charge on any atom is -0.423 e. The molecular weight excluding hydrogens is 450 g/mol. The van der Waals surface area contributed by atoms with Crippen molar-refractivity contribution in [3.63, 3.8) is 0 Å². The average molecular weight is 475 g/mol. The van der Waals surface area contributed by atoms with Crippen molar-refractivity contribution in [2.45, 2.75) is 50.5 Å². The number of nitrogens with zero attached hydrogens (tertiary/aromatic N) is 1. The lowest BCUT2D eigenvalue weighted by Gasteiger charge is -2.36. The van der Waals surface area contributed by atoms with Gasteiger partial charge >= 0.3 is 5.97 Å². The molecule has 2 unspecified atom stereocenters. The van der Waals surface area contributed by atoms with Gasteiger partial charge in [-0.05, 0) is 45.0 Å². The second-order valence-electron chi connectivity index (χ2n) is 7.55. The number of aromatic nitrogens is 1. The molecule has 2 aromatic rings. The molecular formula is C23H25NO10. The fourth-order valence-electron chi connectivity index (χ4n) is 3.31. The molecule has 182 valence electrons. The highest BCUT2D eigenvalue weighted by atomic mass is 16.7. The first kappa shape index (κ1) is 26.9. The maximum atomic E-state index is 11.6. The van der Waals surface area contributed by atoms with Crippen molar-refractivity contribution < 1.29 is 49.1 Å². The molecule has 5 atom stereocenters. The van der Waals surface area contributed by atoms with Gasteiger partial charge in [0.25, 0.3) is 0 Å². The summed E-state index contributed by atoms with van der Waals surface area (Å²) in [7, 11) is 0. The van der Waals surface area contributed by atoms with Crippen molar-refractivity contribution in [2.24, 2.45) is 0 Å². The van der Waals surface area contributed by atoms with Crippen molar-refractivity contribution >= 4 is 23.3 Å². The van der Waals surface area contributed by atoms with E-state index in [2.05, 4.69) is 9.72 Å². The minimum atomic E-state index is -2.94. The van der Waals surface area contributed by atoms with Crippen LogP contribution < -0.4 is 4.74 Å². The van der Waals surface area contributed by atoms with Crippen LogP contribution >= 0.6 is 0 Å². The SMILES string of the molecule is CC(=O)C(O)[C@H]1OC(O)[C@@](O)(C(C)=O)[C@@]1(O)C(C)=O.O=C(Oc1ccccc1)c1cccnc1. The second-order valence-corrected chi connectivity index (χ2v) is 7.55. The number of rotatable bonds is 6. The summed E-state index contributed by atoms with van der Waals surface area (Å²) in [6.45, 7) is 2.64. The molecule has 0 saturated carbocycles. The van der Waals surface area contributed by atoms with Gasteiger partial charge in [0.15, 0.2) is 29.2 Å². The maximum absolute atomic E-state index is 11.6. The van der Waals surface area contributed by atoms with Crippen molar-refractivity contribution in [1.82, 2.24) is 4.98 Å². The van der Waals surface area contributed by atoms with Gasteiger partial charge in [-0.25, -0.2) is 4.79 Å². The van der Waals surface area contributed by atoms with Gasteiger partial charge in [0.1, 0.15) is 18.0 Å². The molecule has 34 heavy (non-hydrogen) atoms. The quantitative estimate of drug-likeness (QED) is 0.315. The zero-order chi connectivity index (χ0) is 25.7. The van der Waals surface area contributed by atoms with Crippen LogP contribution in [0, 0.1) is 0 Å². The summed E-state index contributed by atoms with van der Waals surface area (Å²) in [5.41, 5.74) is -5.41. The van der Waals surface area contributed by atoms with Gasteiger partial charge in [0.05, 0.1) is 5.56 Å². The fourth-order valence-corrected chi connectivity index (χ4v) is 3.31. The Hall–Kier alpha value is -3.35. The lowest BCUT2D eigenvalue weighted by molar-refractivity contribution is -0.197. The number of hydrogen-bond donors (Lipinski definition) is 4. The van der Waals surface area contributed by atoms with Crippen molar-refractivity contribution in [3.8, 4) is 5.75 Å². The summed E-state index contributed by atoms with van der Waals surface area (Å²) >= 11 is 0. The number of pyridine rings is 1. The molecule has 0 amide bonds. The third-order valence-electron chi connectivity index (χ3n) is 5.25. The zero-order valence-corrected chi connectivity index (χ0v) is 18.6. The third-order valence-corrected chi connectivity index (χ3v) is 5.25. The van der Waals surface area contributed by atoms with Crippen molar-refractivity contribution in [1.29, 1.82) is 0 Å². The number of carbonyl (C=O) groups is 4. The molecule has 11 heteroatoms. The first-order chi connectivity index (χ1) is 15.9. The molecule has 11 nitrogen and oxygen atoms in total. The molecule has 0 aliphatic carbocycles. The van der Waals surface area contributed by atoms with Gasteiger partial charge in [-0.3, -0.25) is 19.4 Å². The molecule has 1 aromatic heterocycles. The van der Waals surface area contributed by atoms with Gasteiger partial charge < -0.3 is 29.9 Å². The summed E-state index contributed by atoms with van der Waals surface area (Å²) in [6.07, 6.45) is -3.06. The van der Waals surface area contributed by atoms with E-state index < -0.39 is 53.0 Å². The number of Topliss-reactive ketones (excluding diaryl/α,β-unsaturated/α-hetero) is 3. The van der Waals surface area contributed by atoms with E-state index in [4.69, 9.17) is 4.74 Å². The summed E-state index contributed by atoms with van der Waals surface area (Å²) in [5, 5.41) is 39.6. The van der Waals surface area contributed by atoms with Crippen LogP contribution in [0.4, 0.5) is 0 Å². The molecule has 1 aliphatic heterocycles. The van der Waals surface area contributed by atoms with Crippen LogP contribution in [0.15, 0.2) is 54.9 Å². The van der Waals surface area contributed by atoms with Crippen LogP contribution in [0.25, 0.3) is 0 Å². The fraction of sp³-hybridized carbons (Fsp3) is 0.348. The van der Waals surface area contributed by atoms with Crippen LogP contribution in [0.3, 0.4) is 0 Å². The number of para-hydroxylation sites is 1. The number of esters is 1. The Bertz CT molecular complexity index is 1040. The number of hydrogen-bond acceptors (Lipinski definition) is 11. The van der Waals surface area contributed by atoms with E-state index in [0.29, 0.717) is 11.3 Å². The molecule has 1 saturated heterocycles. The smallest absolute Gasteiger partial charge is 0.345 e. The van der Waals surface area contributed by atoms with E-state index >= 15 is 0 Å². The Morgan fingerprint density at radius 1 is 0.971 bits per heavy atom. The summed E-state index contributed by atoms with van der Waals surface area (Å²) in [6, 6.07) is 12.3. The van der Waals surface area contributed by atoms with Crippen LogP contribution in [0.5, 0.6) is 5.75 Å². The number of ketones is 3. The molecule has 3 rings (SSSR count). The molecule has 1 fully saturated rings. The van der Waals surface area contributed by atoms with E-state index in [9.17, 15) is 39.6 Å². The lowest BCUT2D eigenvalue weighted by atomic mass is 9.74. The normalized spacial score (nSPS) is 26.6. The van der Waals surface area contributed by atoms with E-state index in [1.807, 2.05) is 18.2 Å². The Morgan fingerprint density at radius 3 is 2.03 bits per heavy atom. The predicted octanol–water partition coefficient (Wildman–Crippen LogP) is -0.406. The van der Waals surface area contributed by atoms with E-state index in [-0.39, 0.29) is 0 Å². The molecule has 0 bridgehead atoms. The maximum Gasteiger partial charge on any atom is 0.345 e. The predicted molar refractivity (Wildman–Crippen MR) is 114 cm³/mol. The highest BCUT2D eigenvalue weighted by Crippen LogP contribution is 2.42. The zero-order valence-electron chi connectivity index (χ0n) is 18.6. The summed E-state index contributed by atoms with van der Waals surface area (Å²) in [5.74, 6) is -2.96. The standard InChI is InChI=1S/C12H9NO2.C11H16O8/c14-12(10-5-4-8-13-9-10)15-11-6-2-1-3-7-11;1-4(12)7(15)8-10(17,5(2)13)11(18,6(3)14)9(16)19-8/h1-9H;7-9,15-18H,1-3H3/t;7?,8-,9?,10-,11+/m.1/s1.